The zero-order valence-corrected chi connectivity index (χ0v) is 12.8. The minimum absolute atomic E-state index is 0.0105. The number of para-hydroxylation sites is 1. The van der Waals surface area contributed by atoms with Crippen LogP contribution in [-0.4, -0.2) is 29.9 Å². The van der Waals surface area contributed by atoms with E-state index >= 15 is 0 Å². The van der Waals surface area contributed by atoms with Gasteiger partial charge in [0.25, 0.3) is 0 Å². The lowest BCUT2D eigenvalue weighted by molar-refractivity contribution is 0.0779. The summed E-state index contributed by atoms with van der Waals surface area (Å²) in [6.07, 6.45) is 0. The molecule has 0 saturated heterocycles. The van der Waals surface area contributed by atoms with E-state index in [9.17, 15) is 5.11 Å². The summed E-state index contributed by atoms with van der Waals surface area (Å²) in [4.78, 5) is 0. The summed E-state index contributed by atoms with van der Waals surface area (Å²) in [6.45, 7) is 1.06. The fraction of sp³-hybridized carbons (Fsp3) is 0.294. The monoisotopic (exact) mass is 319 g/mol. The van der Waals surface area contributed by atoms with Crippen molar-refractivity contribution in [1.82, 2.24) is 5.32 Å². The molecule has 1 atom stereocenters. The summed E-state index contributed by atoms with van der Waals surface area (Å²) in [5.41, 5.74) is 1.06. The number of benzene rings is 2. The highest BCUT2D eigenvalue weighted by Gasteiger charge is 2.38. The highest BCUT2D eigenvalue weighted by Crippen LogP contribution is 2.40. The molecule has 3 rings (SSSR count). The van der Waals surface area contributed by atoms with E-state index in [1.54, 1.807) is 12.1 Å². The van der Waals surface area contributed by atoms with Gasteiger partial charge >= 0.3 is 0 Å². The van der Waals surface area contributed by atoms with Gasteiger partial charge in [0.15, 0.2) is 0 Å². The first-order chi connectivity index (χ1) is 10.6. The topological polar surface area (TPSA) is 61.7 Å². The molecule has 2 aromatic carbocycles. The van der Waals surface area contributed by atoms with Crippen LogP contribution < -0.4 is 10.1 Å². The van der Waals surface area contributed by atoms with Crippen molar-refractivity contribution in [2.45, 2.75) is 12.2 Å². The Morgan fingerprint density at radius 2 is 2.00 bits per heavy atom. The Labute approximate surface area is 134 Å². The molecule has 0 aromatic heterocycles. The lowest BCUT2D eigenvalue weighted by Crippen LogP contribution is -2.40. The summed E-state index contributed by atoms with van der Waals surface area (Å²) < 4.78 is 5.84. The van der Waals surface area contributed by atoms with E-state index in [2.05, 4.69) is 5.32 Å². The van der Waals surface area contributed by atoms with Crippen molar-refractivity contribution >= 4 is 11.6 Å². The van der Waals surface area contributed by atoms with Gasteiger partial charge in [-0.15, -0.1) is 0 Å². The second kappa shape index (κ2) is 6.26. The summed E-state index contributed by atoms with van der Waals surface area (Å²) in [6, 6.07) is 12.9. The molecule has 3 N–H and O–H groups in total. The van der Waals surface area contributed by atoms with Gasteiger partial charge in [-0.3, -0.25) is 0 Å². The van der Waals surface area contributed by atoms with Crippen molar-refractivity contribution in [2.24, 2.45) is 0 Å². The van der Waals surface area contributed by atoms with E-state index in [1.165, 1.54) is 0 Å². The van der Waals surface area contributed by atoms with Crippen molar-refractivity contribution in [3.8, 4) is 5.75 Å². The van der Waals surface area contributed by atoms with Gasteiger partial charge in [-0.2, -0.15) is 0 Å². The first-order valence-corrected chi connectivity index (χ1v) is 7.58. The number of ether oxygens (including phenoxy) is 1. The van der Waals surface area contributed by atoms with Gasteiger partial charge in [-0.25, -0.2) is 0 Å². The van der Waals surface area contributed by atoms with E-state index < -0.39 is 5.60 Å². The molecule has 1 heterocycles. The average Bonchev–Trinajstić information content (AvgIpc) is 2.64. The SMILES string of the molecule is OCCNCC1(O)c2cc(Cl)ccc2COc2ccccc21. The molecule has 0 fully saturated rings. The van der Waals surface area contributed by atoms with Crippen molar-refractivity contribution in [3.05, 3.63) is 64.2 Å². The van der Waals surface area contributed by atoms with E-state index in [1.807, 2.05) is 30.3 Å². The molecule has 1 unspecified atom stereocenters. The Hall–Kier alpha value is -1.59. The lowest BCUT2D eigenvalue weighted by atomic mass is 9.83. The molecule has 0 bridgehead atoms. The number of hydrogen-bond donors (Lipinski definition) is 3. The third kappa shape index (κ3) is 2.71. The van der Waals surface area contributed by atoms with Gasteiger partial charge in [0.05, 0.1) is 6.61 Å². The third-order valence-corrected chi connectivity index (χ3v) is 4.14. The first kappa shape index (κ1) is 15.3. The Morgan fingerprint density at radius 1 is 1.18 bits per heavy atom. The van der Waals surface area contributed by atoms with E-state index in [0.717, 1.165) is 11.1 Å². The van der Waals surface area contributed by atoms with Gasteiger partial charge in [0, 0.05) is 23.7 Å². The molecule has 0 amide bonds. The third-order valence-electron chi connectivity index (χ3n) is 3.90. The summed E-state index contributed by atoms with van der Waals surface area (Å²) in [5, 5.41) is 24.0. The maximum atomic E-state index is 11.4. The van der Waals surface area contributed by atoms with Gasteiger partial charge in [-0.05, 0) is 29.3 Å². The number of fused-ring (bicyclic) bond motifs is 2. The molecule has 2 aromatic rings. The molecule has 4 nitrogen and oxygen atoms in total. The van der Waals surface area contributed by atoms with Crippen molar-refractivity contribution in [2.75, 3.05) is 19.7 Å². The molecule has 0 aliphatic carbocycles. The van der Waals surface area contributed by atoms with E-state index in [4.69, 9.17) is 21.4 Å². The molecule has 1 aliphatic rings. The predicted molar refractivity (Wildman–Crippen MR) is 85.2 cm³/mol. The summed E-state index contributed by atoms with van der Waals surface area (Å²) in [7, 11) is 0. The number of hydrogen-bond acceptors (Lipinski definition) is 4. The van der Waals surface area contributed by atoms with Crippen molar-refractivity contribution < 1.29 is 14.9 Å². The normalized spacial score (nSPS) is 19.8. The van der Waals surface area contributed by atoms with Crippen molar-refractivity contribution in [1.29, 1.82) is 0 Å². The van der Waals surface area contributed by atoms with Gasteiger partial charge < -0.3 is 20.3 Å². The standard InChI is InChI=1S/C17H18ClNO3/c18-13-6-5-12-10-22-16-4-2-1-3-14(16)17(21,15(12)9-13)11-19-7-8-20/h1-6,9,19-21H,7-8,10-11H2. The average molecular weight is 320 g/mol. The molecule has 0 radical (unpaired) electrons. The van der Waals surface area contributed by atoms with Crippen molar-refractivity contribution in [3.63, 3.8) is 0 Å². The Bertz CT molecular complexity index is 677. The lowest BCUT2D eigenvalue weighted by Gasteiger charge is -2.30. The van der Waals surface area contributed by atoms with Crippen LogP contribution in [0.4, 0.5) is 0 Å². The Balaban J connectivity index is 2.13. The molecule has 0 saturated carbocycles. The Kier molecular flexibility index (Phi) is 4.36. The van der Waals surface area contributed by atoms with Gasteiger partial charge in [-0.1, -0.05) is 35.9 Å². The van der Waals surface area contributed by atoms with Gasteiger partial charge in [0.1, 0.15) is 18.0 Å². The quantitative estimate of drug-likeness (QED) is 0.755. The molecule has 1 aliphatic heterocycles. The maximum absolute atomic E-state index is 11.4. The highest BCUT2D eigenvalue weighted by molar-refractivity contribution is 6.30. The molecule has 0 spiro atoms. The zero-order valence-electron chi connectivity index (χ0n) is 12.1. The molecular formula is C17H18ClNO3. The predicted octanol–water partition coefficient (Wildman–Crippen LogP) is 2.05. The minimum Gasteiger partial charge on any atom is -0.488 e. The molecule has 5 heteroatoms. The van der Waals surface area contributed by atoms with Crippen LogP contribution in [0, 0.1) is 0 Å². The van der Waals surface area contributed by atoms with Gasteiger partial charge in [0.2, 0.25) is 0 Å². The second-order valence-electron chi connectivity index (χ2n) is 5.35. The highest BCUT2D eigenvalue weighted by atomic mass is 35.5. The van der Waals surface area contributed by atoms with E-state index in [0.29, 0.717) is 29.5 Å². The molecular weight excluding hydrogens is 302 g/mol. The minimum atomic E-state index is -1.26. The maximum Gasteiger partial charge on any atom is 0.131 e. The van der Waals surface area contributed by atoms with Crippen LogP contribution in [0.25, 0.3) is 0 Å². The van der Waals surface area contributed by atoms with Crippen LogP contribution >= 0.6 is 11.6 Å². The first-order valence-electron chi connectivity index (χ1n) is 7.20. The number of halogens is 1. The van der Waals surface area contributed by atoms with Crippen LogP contribution in [0.3, 0.4) is 0 Å². The van der Waals surface area contributed by atoms with Crippen LogP contribution in [0.15, 0.2) is 42.5 Å². The molecule has 22 heavy (non-hydrogen) atoms. The number of aliphatic hydroxyl groups is 2. The van der Waals surface area contributed by atoms with E-state index in [-0.39, 0.29) is 13.2 Å². The fourth-order valence-corrected chi connectivity index (χ4v) is 3.01. The van der Waals surface area contributed by atoms with Crippen LogP contribution in [0.1, 0.15) is 16.7 Å². The Morgan fingerprint density at radius 3 is 2.82 bits per heavy atom. The summed E-state index contributed by atoms with van der Waals surface area (Å²) in [5.74, 6) is 0.656. The second-order valence-corrected chi connectivity index (χ2v) is 5.78. The smallest absolute Gasteiger partial charge is 0.131 e. The number of aliphatic hydroxyl groups excluding tert-OH is 1. The molecule has 116 valence electrons. The summed E-state index contributed by atoms with van der Waals surface area (Å²) >= 11 is 6.13. The van der Waals surface area contributed by atoms with Crippen LogP contribution in [-0.2, 0) is 12.2 Å². The number of rotatable bonds is 4. The fourth-order valence-electron chi connectivity index (χ4n) is 2.83. The number of nitrogens with one attached hydrogen (secondary N) is 1. The largest absolute Gasteiger partial charge is 0.488 e. The van der Waals surface area contributed by atoms with Crippen LogP contribution in [0.5, 0.6) is 5.75 Å². The van der Waals surface area contributed by atoms with Crippen LogP contribution in [0.2, 0.25) is 5.02 Å². The zero-order chi connectivity index (χ0) is 15.6.